The zero-order valence-corrected chi connectivity index (χ0v) is 11.1. The van der Waals surface area contributed by atoms with Gasteiger partial charge in [0.25, 0.3) is 0 Å². The summed E-state index contributed by atoms with van der Waals surface area (Å²) in [5.41, 5.74) is 1.26. The van der Waals surface area contributed by atoms with Gasteiger partial charge in [0.15, 0.2) is 0 Å². The Kier molecular flexibility index (Phi) is 4.36. The number of esters is 1. The fourth-order valence-corrected chi connectivity index (χ4v) is 2.09. The van der Waals surface area contributed by atoms with Crippen molar-refractivity contribution in [2.24, 2.45) is 0 Å². The van der Waals surface area contributed by atoms with E-state index in [1.807, 2.05) is 12.5 Å². The normalized spacial score (nSPS) is 15.1. The van der Waals surface area contributed by atoms with Crippen LogP contribution in [0.15, 0.2) is 12.5 Å². The third-order valence-electron chi connectivity index (χ3n) is 3.27. The van der Waals surface area contributed by atoms with Gasteiger partial charge in [0.1, 0.15) is 0 Å². The number of ether oxygens (including phenoxy) is 1. The highest BCUT2D eigenvalue weighted by atomic mass is 16.5. The highest BCUT2D eigenvalue weighted by Gasteiger charge is 2.25. The number of hydrogen-bond donors (Lipinski definition) is 0. The van der Waals surface area contributed by atoms with Gasteiger partial charge >= 0.3 is 5.97 Å². The van der Waals surface area contributed by atoms with Crippen LogP contribution in [0, 0.1) is 0 Å². The minimum atomic E-state index is -0.133. The molecular formula is C13H21N3O2. The first-order valence-electron chi connectivity index (χ1n) is 6.46. The first kappa shape index (κ1) is 13.1. The van der Waals surface area contributed by atoms with Gasteiger partial charge in [-0.25, -0.2) is 4.98 Å². The van der Waals surface area contributed by atoms with Crippen LogP contribution < -0.4 is 0 Å². The lowest BCUT2D eigenvalue weighted by atomic mass is 10.3. The van der Waals surface area contributed by atoms with Gasteiger partial charge in [-0.3, -0.25) is 4.79 Å². The molecular weight excluding hydrogens is 230 g/mol. The standard InChI is InChI=1S/C13H21N3O2/c1-15(7-3-4-13(17)18-2)9-12-8-14-10-16(12)11-5-6-11/h8,10-11H,3-7,9H2,1-2H3. The van der Waals surface area contributed by atoms with Gasteiger partial charge in [-0.2, -0.15) is 0 Å². The Morgan fingerprint density at radius 2 is 2.39 bits per heavy atom. The number of imidazole rings is 1. The van der Waals surface area contributed by atoms with Crippen molar-refractivity contribution >= 4 is 5.97 Å². The van der Waals surface area contributed by atoms with Crippen molar-refractivity contribution in [1.29, 1.82) is 0 Å². The highest BCUT2D eigenvalue weighted by Crippen LogP contribution is 2.35. The first-order valence-corrected chi connectivity index (χ1v) is 6.46. The zero-order valence-electron chi connectivity index (χ0n) is 11.1. The SMILES string of the molecule is COC(=O)CCCN(C)Cc1cncn1C1CC1. The maximum Gasteiger partial charge on any atom is 0.305 e. The molecule has 0 N–H and O–H groups in total. The third-order valence-corrected chi connectivity index (χ3v) is 3.27. The van der Waals surface area contributed by atoms with E-state index in [-0.39, 0.29) is 5.97 Å². The Hall–Kier alpha value is -1.36. The zero-order chi connectivity index (χ0) is 13.0. The van der Waals surface area contributed by atoms with Gasteiger partial charge in [-0.15, -0.1) is 0 Å². The molecule has 18 heavy (non-hydrogen) atoms. The Labute approximate surface area is 108 Å². The van der Waals surface area contributed by atoms with E-state index in [0.29, 0.717) is 12.5 Å². The average Bonchev–Trinajstić information content (AvgIpc) is 3.10. The molecule has 1 heterocycles. The summed E-state index contributed by atoms with van der Waals surface area (Å²) in [6.07, 6.45) is 7.73. The van der Waals surface area contributed by atoms with Gasteiger partial charge in [-0.05, 0) is 32.9 Å². The minimum Gasteiger partial charge on any atom is -0.469 e. The van der Waals surface area contributed by atoms with Crippen LogP contribution in [0.4, 0.5) is 0 Å². The van der Waals surface area contributed by atoms with Crippen LogP contribution in [0.1, 0.15) is 37.4 Å². The molecule has 0 atom stereocenters. The Balaban J connectivity index is 1.74. The molecule has 0 saturated heterocycles. The molecule has 0 unspecified atom stereocenters. The molecule has 0 aromatic carbocycles. The van der Waals surface area contributed by atoms with Crippen molar-refractivity contribution in [3.05, 3.63) is 18.2 Å². The first-order chi connectivity index (χ1) is 8.70. The molecule has 0 amide bonds. The summed E-state index contributed by atoms with van der Waals surface area (Å²) in [7, 11) is 3.50. The molecule has 2 rings (SSSR count). The van der Waals surface area contributed by atoms with Gasteiger partial charge in [0.2, 0.25) is 0 Å². The van der Waals surface area contributed by atoms with Crippen molar-refractivity contribution in [2.45, 2.75) is 38.3 Å². The van der Waals surface area contributed by atoms with E-state index in [0.717, 1.165) is 19.5 Å². The second kappa shape index (κ2) is 6.00. The quantitative estimate of drug-likeness (QED) is 0.691. The van der Waals surface area contributed by atoms with Gasteiger partial charge < -0.3 is 14.2 Å². The van der Waals surface area contributed by atoms with Gasteiger partial charge in [0.05, 0.1) is 19.1 Å². The van der Waals surface area contributed by atoms with E-state index >= 15 is 0 Å². The summed E-state index contributed by atoms with van der Waals surface area (Å²) in [5, 5.41) is 0. The number of methoxy groups -OCH3 is 1. The lowest BCUT2D eigenvalue weighted by molar-refractivity contribution is -0.140. The molecule has 5 heteroatoms. The molecule has 1 aliphatic carbocycles. The van der Waals surface area contributed by atoms with Crippen LogP contribution in [0.3, 0.4) is 0 Å². The van der Waals surface area contributed by atoms with Crippen LogP contribution in [0.5, 0.6) is 0 Å². The molecule has 1 saturated carbocycles. The average molecular weight is 251 g/mol. The number of hydrogen-bond acceptors (Lipinski definition) is 4. The second-order valence-corrected chi connectivity index (χ2v) is 4.94. The third kappa shape index (κ3) is 3.57. The van der Waals surface area contributed by atoms with Crippen molar-refractivity contribution in [1.82, 2.24) is 14.5 Å². The summed E-state index contributed by atoms with van der Waals surface area (Å²) < 4.78 is 6.90. The van der Waals surface area contributed by atoms with Crippen LogP contribution in [-0.2, 0) is 16.1 Å². The van der Waals surface area contributed by atoms with Gasteiger partial charge in [-0.1, -0.05) is 0 Å². The number of carbonyl (C=O) groups excluding carboxylic acids is 1. The van der Waals surface area contributed by atoms with Crippen LogP contribution in [0.2, 0.25) is 0 Å². The Morgan fingerprint density at radius 3 is 3.06 bits per heavy atom. The second-order valence-electron chi connectivity index (χ2n) is 4.94. The number of carbonyl (C=O) groups is 1. The van der Waals surface area contributed by atoms with Crippen molar-refractivity contribution in [3.63, 3.8) is 0 Å². The van der Waals surface area contributed by atoms with E-state index in [9.17, 15) is 4.79 Å². The van der Waals surface area contributed by atoms with E-state index in [1.165, 1.54) is 25.6 Å². The molecule has 1 aromatic heterocycles. The van der Waals surface area contributed by atoms with Crippen LogP contribution in [0.25, 0.3) is 0 Å². The summed E-state index contributed by atoms with van der Waals surface area (Å²) in [6, 6.07) is 0.672. The Bertz CT molecular complexity index is 399. The maximum absolute atomic E-state index is 11.0. The smallest absolute Gasteiger partial charge is 0.305 e. The molecule has 1 fully saturated rings. The van der Waals surface area contributed by atoms with Crippen LogP contribution >= 0.6 is 0 Å². The topological polar surface area (TPSA) is 47.4 Å². The molecule has 0 spiro atoms. The molecule has 1 aromatic rings. The molecule has 5 nitrogen and oxygen atoms in total. The van der Waals surface area contributed by atoms with Crippen molar-refractivity contribution < 1.29 is 9.53 Å². The number of nitrogens with zero attached hydrogens (tertiary/aromatic N) is 3. The van der Waals surface area contributed by atoms with Gasteiger partial charge in [0, 0.05) is 25.2 Å². The predicted octanol–water partition coefficient (Wildman–Crippen LogP) is 1.60. The van der Waals surface area contributed by atoms with Crippen molar-refractivity contribution in [3.8, 4) is 0 Å². The molecule has 0 radical (unpaired) electrons. The van der Waals surface area contributed by atoms with Crippen molar-refractivity contribution in [2.75, 3.05) is 20.7 Å². The molecule has 0 bridgehead atoms. The fourth-order valence-electron chi connectivity index (χ4n) is 2.09. The van der Waals surface area contributed by atoms with Crippen LogP contribution in [-0.4, -0.2) is 41.1 Å². The Morgan fingerprint density at radius 1 is 1.61 bits per heavy atom. The predicted molar refractivity (Wildman–Crippen MR) is 68.1 cm³/mol. The molecule has 100 valence electrons. The van der Waals surface area contributed by atoms with E-state index < -0.39 is 0 Å². The fraction of sp³-hybridized carbons (Fsp3) is 0.692. The largest absolute Gasteiger partial charge is 0.469 e. The summed E-state index contributed by atoms with van der Waals surface area (Å²) in [5.74, 6) is -0.133. The van der Waals surface area contributed by atoms with E-state index in [2.05, 4.69) is 26.2 Å². The summed E-state index contributed by atoms with van der Waals surface area (Å²) >= 11 is 0. The number of aromatic nitrogens is 2. The number of rotatable bonds is 7. The lowest BCUT2D eigenvalue weighted by Crippen LogP contribution is -2.21. The highest BCUT2D eigenvalue weighted by molar-refractivity contribution is 5.69. The van der Waals surface area contributed by atoms with E-state index in [4.69, 9.17) is 0 Å². The monoisotopic (exact) mass is 251 g/mol. The molecule has 1 aliphatic rings. The molecule has 0 aliphatic heterocycles. The summed E-state index contributed by atoms with van der Waals surface area (Å²) in [4.78, 5) is 17.4. The maximum atomic E-state index is 11.0. The lowest BCUT2D eigenvalue weighted by Gasteiger charge is -2.17. The summed E-state index contributed by atoms with van der Waals surface area (Å²) in [6.45, 7) is 1.78. The van der Waals surface area contributed by atoms with E-state index in [1.54, 1.807) is 0 Å². The minimum absolute atomic E-state index is 0.133.